The zero-order valence-corrected chi connectivity index (χ0v) is 19.9. The number of aryl methyl sites for hydroxylation is 1. The topological polar surface area (TPSA) is 109 Å². The molecular weight excluding hydrogens is 504 g/mol. The van der Waals surface area contributed by atoms with E-state index in [2.05, 4.69) is 26.0 Å². The molecule has 1 aromatic heterocycles. The fourth-order valence-electron chi connectivity index (χ4n) is 3.33. The Hall–Kier alpha value is -4.05. The smallest absolute Gasteiger partial charge is 0.282 e. The van der Waals surface area contributed by atoms with Gasteiger partial charge in [-0.2, -0.15) is 9.78 Å². The van der Waals surface area contributed by atoms with E-state index >= 15 is 0 Å². The summed E-state index contributed by atoms with van der Waals surface area (Å²) in [4.78, 5) is 27.9. The Morgan fingerprint density at radius 3 is 2.65 bits per heavy atom. The number of halogens is 1. The minimum atomic E-state index is -0.455. The van der Waals surface area contributed by atoms with Gasteiger partial charge < -0.3 is 9.47 Å². The summed E-state index contributed by atoms with van der Waals surface area (Å²) in [5.41, 5.74) is 1.63. The van der Waals surface area contributed by atoms with E-state index in [1.165, 1.54) is 30.1 Å². The molecule has 0 fully saturated rings. The molecule has 172 valence electrons. The van der Waals surface area contributed by atoms with Gasteiger partial charge in [0.15, 0.2) is 11.5 Å². The number of fused-ring (bicyclic) bond motifs is 1. The standard InChI is InChI=1S/C24H19BrN4O5/c1-15-27-21-11-8-18(25)12-20(21)24(30)28(15)26-13-17-4-3-5-22(33-2)23(17)34-14-16-6-9-19(10-7-16)29(31)32/h3-13H,14H2,1-2H3. The minimum Gasteiger partial charge on any atom is -0.493 e. The van der Waals surface area contributed by atoms with E-state index in [1.54, 1.807) is 49.4 Å². The Morgan fingerprint density at radius 1 is 1.18 bits per heavy atom. The zero-order valence-electron chi connectivity index (χ0n) is 18.3. The maximum Gasteiger partial charge on any atom is 0.282 e. The zero-order chi connectivity index (χ0) is 24.2. The van der Waals surface area contributed by atoms with Crippen molar-refractivity contribution in [2.75, 3.05) is 7.11 Å². The molecule has 9 nitrogen and oxygen atoms in total. The number of aromatic nitrogens is 2. The summed E-state index contributed by atoms with van der Waals surface area (Å²) in [6.07, 6.45) is 1.51. The van der Waals surface area contributed by atoms with Crippen LogP contribution >= 0.6 is 15.9 Å². The van der Waals surface area contributed by atoms with E-state index in [4.69, 9.17) is 9.47 Å². The summed E-state index contributed by atoms with van der Waals surface area (Å²) < 4.78 is 13.4. The molecule has 0 bridgehead atoms. The summed E-state index contributed by atoms with van der Waals surface area (Å²) in [6.45, 7) is 1.86. The first-order valence-corrected chi connectivity index (χ1v) is 10.9. The summed E-state index contributed by atoms with van der Waals surface area (Å²) >= 11 is 3.38. The predicted octanol–water partition coefficient (Wildman–Crippen LogP) is 4.85. The molecule has 0 aliphatic carbocycles. The molecule has 0 saturated heterocycles. The molecule has 0 unspecified atom stereocenters. The minimum absolute atomic E-state index is 0.00528. The molecule has 0 radical (unpaired) electrons. The van der Waals surface area contributed by atoms with Gasteiger partial charge in [0, 0.05) is 22.2 Å². The molecule has 0 amide bonds. The quantitative estimate of drug-likeness (QED) is 0.195. The van der Waals surface area contributed by atoms with Crippen LogP contribution in [0.15, 0.2) is 75.0 Å². The fraction of sp³-hybridized carbons (Fsp3) is 0.125. The molecule has 4 aromatic rings. The molecule has 3 aromatic carbocycles. The van der Waals surface area contributed by atoms with Crippen molar-refractivity contribution in [3.63, 3.8) is 0 Å². The van der Waals surface area contributed by atoms with Gasteiger partial charge in [-0.15, -0.1) is 0 Å². The summed E-state index contributed by atoms with van der Waals surface area (Å²) in [7, 11) is 1.52. The summed E-state index contributed by atoms with van der Waals surface area (Å²) in [5, 5.41) is 15.7. The SMILES string of the molecule is COc1cccc(C=Nn2c(C)nc3ccc(Br)cc3c2=O)c1OCc1ccc([N+](=O)[O-])cc1. The number of non-ortho nitro benzene ring substituents is 1. The molecule has 0 saturated carbocycles. The van der Waals surface area contributed by atoms with Crippen LogP contribution in [0.5, 0.6) is 11.5 Å². The lowest BCUT2D eigenvalue weighted by Gasteiger charge is -2.13. The van der Waals surface area contributed by atoms with Gasteiger partial charge in [0.05, 0.1) is 29.2 Å². The third-order valence-corrected chi connectivity index (χ3v) is 5.54. The van der Waals surface area contributed by atoms with Gasteiger partial charge in [-0.1, -0.05) is 22.0 Å². The van der Waals surface area contributed by atoms with Crippen LogP contribution in [0.1, 0.15) is 17.0 Å². The third kappa shape index (κ3) is 4.81. The molecule has 0 spiro atoms. The van der Waals surface area contributed by atoms with E-state index in [1.807, 2.05) is 6.07 Å². The van der Waals surface area contributed by atoms with Crippen LogP contribution in [0.4, 0.5) is 5.69 Å². The lowest BCUT2D eigenvalue weighted by Crippen LogP contribution is -2.20. The lowest BCUT2D eigenvalue weighted by atomic mass is 10.2. The van der Waals surface area contributed by atoms with Crippen LogP contribution in [-0.2, 0) is 6.61 Å². The van der Waals surface area contributed by atoms with Crippen molar-refractivity contribution >= 4 is 38.7 Å². The van der Waals surface area contributed by atoms with Crippen LogP contribution in [0, 0.1) is 17.0 Å². The molecule has 4 rings (SSSR count). The van der Waals surface area contributed by atoms with Gasteiger partial charge in [-0.3, -0.25) is 14.9 Å². The number of nitro benzene ring substituents is 1. The van der Waals surface area contributed by atoms with Crippen molar-refractivity contribution in [1.29, 1.82) is 0 Å². The molecule has 0 atom stereocenters. The van der Waals surface area contributed by atoms with Crippen molar-refractivity contribution in [3.05, 3.63) is 103 Å². The van der Waals surface area contributed by atoms with Crippen molar-refractivity contribution in [2.45, 2.75) is 13.5 Å². The van der Waals surface area contributed by atoms with Crippen molar-refractivity contribution in [3.8, 4) is 11.5 Å². The fourth-order valence-corrected chi connectivity index (χ4v) is 3.70. The van der Waals surface area contributed by atoms with Crippen LogP contribution < -0.4 is 15.0 Å². The highest BCUT2D eigenvalue weighted by atomic mass is 79.9. The average Bonchev–Trinajstić information content (AvgIpc) is 2.83. The van der Waals surface area contributed by atoms with Gasteiger partial charge >= 0.3 is 0 Å². The maximum atomic E-state index is 13.0. The van der Waals surface area contributed by atoms with E-state index in [9.17, 15) is 14.9 Å². The molecular formula is C24H19BrN4O5. The molecule has 0 aliphatic rings. The van der Waals surface area contributed by atoms with Crippen LogP contribution in [0.3, 0.4) is 0 Å². The predicted molar refractivity (Wildman–Crippen MR) is 132 cm³/mol. The Kier molecular flexibility index (Phi) is 6.69. The molecule has 0 N–H and O–H groups in total. The average molecular weight is 523 g/mol. The number of hydrogen-bond acceptors (Lipinski definition) is 7. The Labute approximate surface area is 202 Å². The highest BCUT2D eigenvalue weighted by Crippen LogP contribution is 2.31. The van der Waals surface area contributed by atoms with E-state index in [0.717, 1.165) is 10.0 Å². The van der Waals surface area contributed by atoms with E-state index in [-0.39, 0.29) is 17.9 Å². The number of nitrogens with zero attached hydrogens (tertiary/aromatic N) is 4. The number of para-hydroxylation sites is 1. The molecule has 10 heteroatoms. The van der Waals surface area contributed by atoms with Crippen molar-refractivity contribution in [1.82, 2.24) is 9.66 Å². The third-order valence-electron chi connectivity index (χ3n) is 5.04. The van der Waals surface area contributed by atoms with Gasteiger partial charge in [-0.05, 0) is 55.0 Å². The summed E-state index contributed by atoms with van der Waals surface area (Å²) in [6, 6.07) is 16.7. The van der Waals surface area contributed by atoms with Crippen molar-refractivity contribution in [2.24, 2.45) is 5.10 Å². The largest absolute Gasteiger partial charge is 0.493 e. The highest BCUT2D eigenvalue weighted by molar-refractivity contribution is 9.10. The van der Waals surface area contributed by atoms with E-state index < -0.39 is 4.92 Å². The van der Waals surface area contributed by atoms with E-state index in [0.29, 0.717) is 33.8 Å². The second-order valence-corrected chi connectivity index (χ2v) is 8.19. The Morgan fingerprint density at radius 2 is 1.94 bits per heavy atom. The monoisotopic (exact) mass is 522 g/mol. The van der Waals surface area contributed by atoms with Crippen molar-refractivity contribution < 1.29 is 14.4 Å². The first kappa shape index (κ1) is 23.1. The highest BCUT2D eigenvalue weighted by Gasteiger charge is 2.12. The molecule has 0 aliphatic heterocycles. The van der Waals surface area contributed by atoms with Gasteiger partial charge in [0.25, 0.3) is 11.2 Å². The van der Waals surface area contributed by atoms with Gasteiger partial charge in [0.2, 0.25) is 0 Å². The van der Waals surface area contributed by atoms with Crippen LogP contribution in [0.2, 0.25) is 0 Å². The lowest BCUT2D eigenvalue weighted by molar-refractivity contribution is -0.384. The van der Waals surface area contributed by atoms with Crippen LogP contribution in [0.25, 0.3) is 10.9 Å². The molecule has 1 heterocycles. The number of ether oxygens (including phenoxy) is 2. The summed E-state index contributed by atoms with van der Waals surface area (Å²) in [5.74, 6) is 1.34. The first-order valence-electron chi connectivity index (χ1n) is 10.1. The Bertz CT molecular complexity index is 1470. The number of nitro groups is 1. The maximum absolute atomic E-state index is 13.0. The Balaban J connectivity index is 1.66. The number of benzene rings is 3. The second kappa shape index (κ2) is 9.84. The second-order valence-electron chi connectivity index (χ2n) is 7.27. The molecule has 34 heavy (non-hydrogen) atoms. The number of methoxy groups -OCH3 is 1. The number of hydrogen-bond donors (Lipinski definition) is 0. The van der Waals surface area contributed by atoms with Crippen LogP contribution in [-0.4, -0.2) is 27.9 Å². The van der Waals surface area contributed by atoms with Gasteiger partial charge in [0.1, 0.15) is 12.4 Å². The van der Waals surface area contributed by atoms with Gasteiger partial charge in [-0.25, -0.2) is 4.98 Å². The normalized spacial score (nSPS) is 11.1. The first-order chi connectivity index (χ1) is 16.4. The number of rotatable bonds is 7.